The van der Waals surface area contributed by atoms with Crippen LogP contribution in [0.1, 0.15) is 24.1 Å². The van der Waals surface area contributed by atoms with Crippen LogP contribution in [0.5, 0.6) is 0 Å². The predicted molar refractivity (Wildman–Crippen MR) is 99.2 cm³/mol. The molecule has 1 saturated heterocycles. The van der Waals surface area contributed by atoms with E-state index in [0.717, 1.165) is 35.9 Å². The maximum atomic E-state index is 12.2. The number of carbonyl (C=O) groups is 1. The van der Waals surface area contributed by atoms with Gasteiger partial charge in [-0.15, -0.1) is 11.3 Å². The van der Waals surface area contributed by atoms with E-state index >= 15 is 0 Å². The Hall–Kier alpha value is -1.72. The Labute approximate surface area is 147 Å². The number of nitrogens with one attached hydrogen (secondary N) is 1. The first kappa shape index (κ1) is 17.1. The van der Waals surface area contributed by atoms with Crippen molar-refractivity contribution in [1.82, 2.24) is 15.2 Å². The standard InChI is InChI=1S/C19H25N3OS/c1-14-3-5-16(6-4-14)19-21-17(13-24-19)11-18(23)20-12-15-7-9-22(2)10-8-15/h3-6,13,15H,7-12H2,1-2H3,(H,20,23). The van der Waals surface area contributed by atoms with E-state index in [1.807, 2.05) is 5.38 Å². The topological polar surface area (TPSA) is 45.2 Å². The smallest absolute Gasteiger partial charge is 0.226 e. The summed E-state index contributed by atoms with van der Waals surface area (Å²) in [5, 5.41) is 6.05. The first-order chi connectivity index (χ1) is 11.6. The van der Waals surface area contributed by atoms with Crippen molar-refractivity contribution in [2.75, 3.05) is 26.7 Å². The Morgan fingerprint density at radius 3 is 2.71 bits per heavy atom. The van der Waals surface area contributed by atoms with Gasteiger partial charge in [0.1, 0.15) is 5.01 Å². The van der Waals surface area contributed by atoms with E-state index in [1.165, 1.54) is 18.4 Å². The third kappa shape index (κ3) is 4.65. The van der Waals surface area contributed by atoms with Crippen LogP contribution in [0.15, 0.2) is 29.6 Å². The van der Waals surface area contributed by atoms with Crippen LogP contribution < -0.4 is 5.32 Å². The summed E-state index contributed by atoms with van der Waals surface area (Å²) in [7, 11) is 2.16. The van der Waals surface area contributed by atoms with Crippen LogP contribution in [-0.2, 0) is 11.2 Å². The molecule has 128 valence electrons. The van der Waals surface area contributed by atoms with Crippen molar-refractivity contribution in [2.45, 2.75) is 26.2 Å². The molecule has 2 aromatic rings. The highest BCUT2D eigenvalue weighted by Gasteiger charge is 2.17. The van der Waals surface area contributed by atoms with Crippen molar-refractivity contribution in [1.29, 1.82) is 0 Å². The molecule has 1 aromatic carbocycles. The highest BCUT2D eigenvalue weighted by molar-refractivity contribution is 7.13. The van der Waals surface area contributed by atoms with E-state index in [4.69, 9.17) is 0 Å². The number of likely N-dealkylation sites (tertiary alicyclic amines) is 1. The van der Waals surface area contributed by atoms with Gasteiger partial charge in [-0.3, -0.25) is 4.79 Å². The zero-order chi connectivity index (χ0) is 16.9. The van der Waals surface area contributed by atoms with Gasteiger partial charge >= 0.3 is 0 Å². The fraction of sp³-hybridized carbons (Fsp3) is 0.474. The second-order valence-electron chi connectivity index (χ2n) is 6.74. The molecule has 3 rings (SSSR count). The number of piperidine rings is 1. The minimum absolute atomic E-state index is 0.0784. The molecule has 1 N–H and O–H groups in total. The summed E-state index contributed by atoms with van der Waals surface area (Å²) in [6, 6.07) is 8.34. The lowest BCUT2D eigenvalue weighted by atomic mass is 9.97. The third-order valence-electron chi connectivity index (χ3n) is 4.62. The van der Waals surface area contributed by atoms with Crippen molar-refractivity contribution in [3.8, 4) is 10.6 Å². The molecule has 1 aliphatic heterocycles. The molecule has 1 fully saturated rings. The molecule has 1 amide bonds. The monoisotopic (exact) mass is 343 g/mol. The second kappa shape index (κ2) is 7.90. The van der Waals surface area contributed by atoms with E-state index in [-0.39, 0.29) is 5.91 Å². The Balaban J connectivity index is 1.49. The molecule has 0 saturated carbocycles. The first-order valence-electron chi connectivity index (χ1n) is 8.57. The largest absolute Gasteiger partial charge is 0.355 e. The van der Waals surface area contributed by atoms with Gasteiger partial charge in [0.15, 0.2) is 0 Å². The van der Waals surface area contributed by atoms with Crippen LogP contribution in [0.3, 0.4) is 0 Å². The average Bonchev–Trinajstić information content (AvgIpc) is 3.03. The molecule has 0 atom stereocenters. The second-order valence-corrected chi connectivity index (χ2v) is 7.60. The molecular formula is C19H25N3OS. The minimum Gasteiger partial charge on any atom is -0.355 e. The molecule has 5 heteroatoms. The number of aryl methyl sites for hydroxylation is 1. The van der Waals surface area contributed by atoms with Crippen molar-refractivity contribution < 1.29 is 4.79 Å². The molecule has 2 heterocycles. The average molecular weight is 343 g/mol. The molecular weight excluding hydrogens is 318 g/mol. The molecule has 0 spiro atoms. The van der Waals surface area contributed by atoms with Gasteiger partial charge in [-0.25, -0.2) is 4.98 Å². The lowest BCUT2D eigenvalue weighted by molar-refractivity contribution is -0.120. The van der Waals surface area contributed by atoms with E-state index in [1.54, 1.807) is 11.3 Å². The lowest BCUT2D eigenvalue weighted by Gasteiger charge is -2.28. The summed E-state index contributed by atoms with van der Waals surface area (Å²) < 4.78 is 0. The number of rotatable bonds is 5. The Bertz CT molecular complexity index is 672. The van der Waals surface area contributed by atoms with Gasteiger partial charge in [-0.1, -0.05) is 29.8 Å². The van der Waals surface area contributed by atoms with E-state index < -0.39 is 0 Å². The summed E-state index contributed by atoms with van der Waals surface area (Å²) in [5.74, 6) is 0.693. The molecule has 1 aliphatic rings. The number of benzene rings is 1. The highest BCUT2D eigenvalue weighted by Crippen LogP contribution is 2.24. The fourth-order valence-electron chi connectivity index (χ4n) is 2.97. The summed E-state index contributed by atoms with van der Waals surface area (Å²) in [6.45, 7) is 5.13. The number of hydrogen-bond donors (Lipinski definition) is 1. The molecule has 1 aromatic heterocycles. The SMILES string of the molecule is Cc1ccc(-c2nc(CC(=O)NCC3CCN(C)CC3)cs2)cc1. The number of amides is 1. The zero-order valence-corrected chi connectivity index (χ0v) is 15.2. The Morgan fingerprint density at radius 2 is 2.00 bits per heavy atom. The maximum absolute atomic E-state index is 12.2. The van der Waals surface area contributed by atoms with Crippen LogP contribution in [0.4, 0.5) is 0 Å². The summed E-state index contributed by atoms with van der Waals surface area (Å²) in [4.78, 5) is 19.1. The third-order valence-corrected chi connectivity index (χ3v) is 5.56. The van der Waals surface area contributed by atoms with E-state index in [2.05, 4.69) is 53.4 Å². The maximum Gasteiger partial charge on any atom is 0.226 e. The summed E-state index contributed by atoms with van der Waals surface area (Å²) in [6.07, 6.45) is 2.71. The van der Waals surface area contributed by atoms with Gasteiger partial charge in [0.25, 0.3) is 0 Å². The Morgan fingerprint density at radius 1 is 1.29 bits per heavy atom. The van der Waals surface area contributed by atoms with Crippen LogP contribution in [-0.4, -0.2) is 42.5 Å². The molecule has 4 nitrogen and oxygen atoms in total. The normalized spacial score (nSPS) is 16.2. The van der Waals surface area contributed by atoms with E-state index in [9.17, 15) is 4.79 Å². The van der Waals surface area contributed by atoms with Crippen molar-refractivity contribution in [2.24, 2.45) is 5.92 Å². The van der Waals surface area contributed by atoms with Gasteiger partial charge in [0.2, 0.25) is 5.91 Å². The van der Waals surface area contributed by atoms with Gasteiger partial charge in [-0.05, 0) is 45.8 Å². The van der Waals surface area contributed by atoms with Crippen molar-refractivity contribution >= 4 is 17.2 Å². The number of aromatic nitrogens is 1. The van der Waals surface area contributed by atoms with Gasteiger partial charge < -0.3 is 10.2 Å². The van der Waals surface area contributed by atoms with Gasteiger partial charge in [0, 0.05) is 17.5 Å². The molecule has 0 aliphatic carbocycles. The number of thiazole rings is 1. The molecule has 0 radical (unpaired) electrons. The number of carbonyl (C=O) groups excluding carboxylic acids is 1. The number of hydrogen-bond acceptors (Lipinski definition) is 4. The highest BCUT2D eigenvalue weighted by atomic mass is 32.1. The lowest BCUT2D eigenvalue weighted by Crippen LogP contribution is -2.37. The quantitative estimate of drug-likeness (QED) is 0.907. The van der Waals surface area contributed by atoms with Crippen LogP contribution in [0.2, 0.25) is 0 Å². The molecule has 24 heavy (non-hydrogen) atoms. The number of nitrogens with zero attached hydrogens (tertiary/aromatic N) is 2. The summed E-state index contributed by atoms with van der Waals surface area (Å²) in [5.41, 5.74) is 3.21. The zero-order valence-electron chi connectivity index (χ0n) is 14.4. The Kier molecular flexibility index (Phi) is 5.63. The van der Waals surface area contributed by atoms with Gasteiger partial charge in [-0.2, -0.15) is 0 Å². The van der Waals surface area contributed by atoms with Crippen molar-refractivity contribution in [3.05, 3.63) is 40.9 Å². The first-order valence-corrected chi connectivity index (χ1v) is 9.45. The van der Waals surface area contributed by atoms with Crippen molar-refractivity contribution in [3.63, 3.8) is 0 Å². The summed E-state index contributed by atoms with van der Waals surface area (Å²) >= 11 is 1.60. The minimum atomic E-state index is 0.0784. The fourth-order valence-corrected chi connectivity index (χ4v) is 3.79. The van der Waals surface area contributed by atoms with Crippen LogP contribution in [0.25, 0.3) is 10.6 Å². The predicted octanol–water partition coefficient (Wildman–Crippen LogP) is 3.12. The van der Waals surface area contributed by atoms with Crippen LogP contribution >= 0.6 is 11.3 Å². The van der Waals surface area contributed by atoms with Crippen LogP contribution in [0, 0.1) is 12.8 Å². The molecule has 0 unspecified atom stereocenters. The van der Waals surface area contributed by atoms with E-state index in [0.29, 0.717) is 12.3 Å². The van der Waals surface area contributed by atoms with Gasteiger partial charge in [0.05, 0.1) is 12.1 Å². The molecule has 0 bridgehead atoms.